The minimum Gasteiger partial charge on any atom is -0.356 e. The molecule has 1 aromatic heterocycles. The molecular formula is C17H22N2O3S2. The third-order valence-corrected chi connectivity index (χ3v) is 6.82. The number of carbonyl (C=O) groups excluding carboxylic acids is 1. The van der Waals surface area contributed by atoms with E-state index in [9.17, 15) is 13.2 Å². The van der Waals surface area contributed by atoms with Crippen LogP contribution in [0.1, 0.15) is 31.2 Å². The third-order valence-electron chi connectivity index (χ3n) is 3.53. The van der Waals surface area contributed by atoms with Crippen molar-refractivity contribution in [1.82, 2.24) is 10.0 Å². The molecule has 0 atom stereocenters. The Kier molecular flexibility index (Phi) is 5.79. The van der Waals surface area contributed by atoms with Crippen molar-refractivity contribution < 1.29 is 13.2 Å². The van der Waals surface area contributed by atoms with Crippen LogP contribution in [0.3, 0.4) is 0 Å². The fourth-order valence-electron chi connectivity index (χ4n) is 2.30. The van der Waals surface area contributed by atoms with Gasteiger partial charge in [0.25, 0.3) is 10.0 Å². The summed E-state index contributed by atoms with van der Waals surface area (Å²) >= 11 is 1.23. The van der Waals surface area contributed by atoms with Gasteiger partial charge in [-0.1, -0.05) is 30.3 Å². The second-order valence-corrected chi connectivity index (χ2v) is 9.13. The summed E-state index contributed by atoms with van der Waals surface area (Å²) in [5.41, 5.74) is 0.191. The van der Waals surface area contributed by atoms with Gasteiger partial charge in [0.15, 0.2) is 0 Å². The predicted octanol–water partition coefficient (Wildman–Crippen LogP) is 2.64. The molecule has 1 aromatic carbocycles. The number of hydrogen-bond acceptors (Lipinski definition) is 4. The molecule has 0 bridgehead atoms. The zero-order valence-corrected chi connectivity index (χ0v) is 15.6. The molecule has 5 nitrogen and oxygen atoms in total. The smallest absolute Gasteiger partial charge is 0.250 e. The van der Waals surface area contributed by atoms with Gasteiger partial charge >= 0.3 is 0 Å². The van der Waals surface area contributed by atoms with Crippen molar-refractivity contribution in [3.8, 4) is 0 Å². The van der Waals surface area contributed by atoms with Gasteiger partial charge < -0.3 is 5.32 Å². The highest BCUT2D eigenvalue weighted by Crippen LogP contribution is 2.26. The summed E-state index contributed by atoms with van der Waals surface area (Å²) in [6, 6.07) is 12.9. The van der Waals surface area contributed by atoms with Crippen molar-refractivity contribution in [2.24, 2.45) is 0 Å². The maximum absolute atomic E-state index is 12.6. The Morgan fingerprint density at radius 3 is 2.42 bits per heavy atom. The highest BCUT2D eigenvalue weighted by molar-refractivity contribution is 7.91. The molecule has 7 heteroatoms. The van der Waals surface area contributed by atoms with Crippen molar-refractivity contribution in [3.05, 3.63) is 52.9 Å². The number of carbonyl (C=O) groups is 1. The van der Waals surface area contributed by atoms with Crippen molar-refractivity contribution in [2.45, 2.75) is 36.9 Å². The van der Waals surface area contributed by atoms with Gasteiger partial charge in [-0.15, -0.1) is 11.3 Å². The summed E-state index contributed by atoms with van der Waals surface area (Å²) in [5.74, 6) is -0.0920. The first kappa shape index (κ1) is 18.6. The number of rotatable bonds is 7. The van der Waals surface area contributed by atoms with Gasteiger partial charge in [-0.2, -0.15) is 0 Å². The average Bonchev–Trinajstić information content (AvgIpc) is 2.96. The number of nitrogens with one attached hydrogen (secondary N) is 2. The molecule has 2 N–H and O–H groups in total. The molecule has 0 aliphatic carbocycles. The monoisotopic (exact) mass is 366 g/mol. The van der Waals surface area contributed by atoms with E-state index in [1.807, 2.05) is 44.2 Å². The van der Waals surface area contributed by atoms with E-state index in [0.717, 1.165) is 10.4 Å². The van der Waals surface area contributed by atoms with E-state index >= 15 is 0 Å². The van der Waals surface area contributed by atoms with E-state index in [1.165, 1.54) is 18.3 Å². The third kappa shape index (κ3) is 4.90. The summed E-state index contributed by atoms with van der Waals surface area (Å²) in [4.78, 5) is 11.8. The summed E-state index contributed by atoms with van der Waals surface area (Å²) in [5, 5.41) is 2.70. The van der Waals surface area contributed by atoms with Gasteiger partial charge in [0.1, 0.15) is 4.21 Å². The average molecular weight is 367 g/mol. The molecule has 0 aliphatic heterocycles. The van der Waals surface area contributed by atoms with Crippen molar-refractivity contribution in [1.29, 1.82) is 0 Å². The molecule has 130 valence electrons. The first-order chi connectivity index (χ1) is 11.2. The Balaban J connectivity index is 2.10. The summed E-state index contributed by atoms with van der Waals surface area (Å²) in [6.07, 6.45) is 0.613. The summed E-state index contributed by atoms with van der Waals surface area (Å²) in [6.45, 7) is 5.63. The predicted molar refractivity (Wildman–Crippen MR) is 96.5 cm³/mol. The van der Waals surface area contributed by atoms with Crippen molar-refractivity contribution >= 4 is 27.3 Å². The SMILES string of the molecule is CC(=O)NCCc1ccc(S(=O)(=O)NC(C)(C)c2ccccc2)s1. The number of hydrogen-bond donors (Lipinski definition) is 2. The van der Waals surface area contributed by atoms with Gasteiger partial charge in [-0.05, 0) is 38.0 Å². The lowest BCUT2D eigenvalue weighted by Gasteiger charge is -2.26. The largest absolute Gasteiger partial charge is 0.356 e. The van der Waals surface area contributed by atoms with Gasteiger partial charge in [0.2, 0.25) is 5.91 Å². The van der Waals surface area contributed by atoms with Crippen LogP contribution in [-0.4, -0.2) is 20.9 Å². The van der Waals surface area contributed by atoms with Gasteiger partial charge in [-0.3, -0.25) is 4.79 Å². The minimum atomic E-state index is -3.61. The van der Waals surface area contributed by atoms with Crippen LogP contribution in [0.15, 0.2) is 46.7 Å². The lowest BCUT2D eigenvalue weighted by Crippen LogP contribution is -2.40. The highest BCUT2D eigenvalue weighted by Gasteiger charge is 2.28. The van der Waals surface area contributed by atoms with Crippen molar-refractivity contribution in [2.75, 3.05) is 6.54 Å². The van der Waals surface area contributed by atoms with E-state index in [4.69, 9.17) is 0 Å². The molecule has 1 amide bonds. The number of benzene rings is 1. The van der Waals surface area contributed by atoms with E-state index < -0.39 is 15.6 Å². The van der Waals surface area contributed by atoms with Crippen molar-refractivity contribution in [3.63, 3.8) is 0 Å². The molecule has 0 unspecified atom stereocenters. The van der Waals surface area contributed by atoms with Crippen LogP contribution < -0.4 is 10.0 Å². The first-order valence-corrected chi connectivity index (χ1v) is 9.93. The van der Waals surface area contributed by atoms with Crippen LogP contribution >= 0.6 is 11.3 Å². The Morgan fingerprint density at radius 1 is 1.12 bits per heavy atom. The molecule has 24 heavy (non-hydrogen) atoms. The molecule has 1 heterocycles. The van der Waals surface area contributed by atoms with E-state index in [1.54, 1.807) is 12.1 Å². The second-order valence-electron chi connectivity index (χ2n) is 6.05. The van der Waals surface area contributed by atoms with Crippen LogP contribution in [0.4, 0.5) is 0 Å². The van der Waals surface area contributed by atoms with E-state index in [-0.39, 0.29) is 10.1 Å². The molecule has 0 fully saturated rings. The first-order valence-electron chi connectivity index (χ1n) is 7.63. The zero-order valence-electron chi connectivity index (χ0n) is 14.0. The number of amides is 1. The van der Waals surface area contributed by atoms with E-state index in [2.05, 4.69) is 10.0 Å². The molecule has 0 spiro atoms. The Morgan fingerprint density at radius 2 is 1.79 bits per heavy atom. The lowest BCUT2D eigenvalue weighted by molar-refractivity contribution is -0.118. The van der Waals surface area contributed by atoms with Crippen LogP contribution in [0, 0.1) is 0 Å². The molecule has 2 aromatic rings. The molecular weight excluding hydrogens is 344 g/mol. The quantitative estimate of drug-likeness (QED) is 0.791. The van der Waals surface area contributed by atoms with Crippen LogP contribution in [0.25, 0.3) is 0 Å². The van der Waals surface area contributed by atoms with Crippen LogP contribution in [-0.2, 0) is 26.8 Å². The fourth-order valence-corrected chi connectivity index (χ4v) is 5.06. The summed E-state index contributed by atoms with van der Waals surface area (Å²) < 4.78 is 28.3. The topological polar surface area (TPSA) is 75.3 Å². The Hall–Kier alpha value is -1.70. The standard InChI is InChI=1S/C17H22N2O3S2/c1-13(20)18-12-11-15-9-10-16(23-15)24(21,22)19-17(2,3)14-7-5-4-6-8-14/h4-10,19H,11-12H2,1-3H3,(H,18,20). The minimum absolute atomic E-state index is 0.0920. The van der Waals surface area contributed by atoms with Crippen LogP contribution in [0.5, 0.6) is 0 Å². The Labute approximate surface area is 147 Å². The summed E-state index contributed by atoms with van der Waals surface area (Å²) in [7, 11) is -3.61. The number of sulfonamides is 1. The molecule has 0 saturated heterocycles. The fraction of sp³-hybridized carbons (Fsp3) is 0.353. The van der Waals surface area contributed by atoms with Crippen LogP contribution in [0.2, 0.25) is 0 Å². The molecule has 0 aliphatic rings. The highest BCUT2D eigenvalue weighted by atomic mass is 32.2. The van der Waals surface area contributed by atoms with E-state index in [0.29, 0.717) is 13.0 Å². The van der Waals surface area contributed by atoms with Gasteiger partial charge in [0.05, 0.1) is 5.54 Å². The lowest BCUT2D eigenvalue weighted by atomic mass is 9.96. The second kappa shape index (κ2) is 7.46. The Bertz CT molecular complexity index is 796. The normalized spacial score (nSPS) is 12.1. The maximum atomic E-state index is 12.6. The maximum Gasteiger partial charge on any atom is 0.250 e. The zero-order chi connectivity index (χ0) is 17.8. The van der Waals surface area contributed by atoms with Gasteiger partial charge in [-0.25, -0.2) is 13.1 Å². The van der Waals surface area contributed by atoms with Gasteiger partial charge in [0, 0.05) is 18.3 Å². The molecule has 2 rings (SSSR count). The molecule has 0 radical (unpaired) electrons. The molecule has 0 saturated carbocycles. The number of thiophene rings is 1.